The third-order valence-electron chi connectivity index (χ3n) is 3.24. The molecule has 92 valence electrons. The Morgan fingerprint density at radius 1 is 1.28 bits per heavy atom. The molecule has 1 fully saturated rings. The van der Waals surface area contributed by atoms with E-state index in [1.807, 2.05) is 31.3 Å². The zero-order chi connectivity index (χ0) is 12.7. The molecule has 0 spiro atoms. The third-order valence-corrected chi connectivity index (χ3v) is 3.24. The lowest BCUT2D eigenvalue weighted by Crippen LogP contribution is -2.49. The number of carbonyl (C=O) groups is 2. The molecule has 0 saturated carbocycles. The predicted molar refractivity (Wildman–Crippen MR) is 68.5 cm³/mol. The molecule has 3 amide bonds. The lowest BCUT2D eigenvalue weighted by molar-refractivity contribution is -0.120. The maximum absolute atomic E-state index is 11.8. The van der Waals surface area contributed by atoms with Gasteiger partial charge >= 0.3 is 6.03 Å². The van der Waals surface area contributed by atoms with Crippen molar-refractivity contribution < 1.29 is 9.59 Å². The Morgan fingerprint density at radius 3 is 2.89 bits per heavy atom. The zero-order valence-electron chi connectivity index (χ0n) is 9.99. The van der Waals surface area contributed by atoms with Crippen LogP contribution >= 0.6 is 0 Å². The number of nitrogens with one attached hydrogen (secondary N) is 2. The minimum absolute atomic E-state index is 0.213. The highest BCUT2D eigenvalue weighted by molar-refractivity contribution is 6.06. The van der Waals surface area contributed by atoms with Crippen molar-refractivity contribution in [2.45, 2.75) is 13.3 Å². The number of nitrogens with zero attached hydrogens (tertiary/aromatic N) is 1. The van der Waals surface area contributed by atoms with E-state index in [1.54, 1.807) is 4.90 Å². The quantitative estimate of drug-likeness (QED) is 0.803. The summed E-state index contributed by atoms with van der Waals surface area (Å²) < 4.78 is 0. The molecule has 1 aliphatic rings. The Balaban J connectivity index is 2.01. The number of hydrogen-bond donors (Lipinski definition) is 2. The van der Waals surface area contributed by atoms with Crippen LogP contribution in [0, 0.1) is 6.92 Å². The second kappa shape index (κ2) is 3.87. The van der Waals surface area contributed by atoms with Gasteiger partial charge in [-0.2, -0.15) is 0 Å². The summed E-state index contributed by atoms with van der Waals surface area (Å²) >= 11 is 0. The van der Waals surface area contributed by atoms with E-state index in [0.717, 1.165) is 22.2 Å². The molecule has 2 N–H and O–H groups in total. The molecule has 0 atom stereocenters. The topological polar surface area (TPSA) is 65.2 Å². The number of aromatic amines is 1. The minimum Gasteiger partial charge on any atom is -0.361 e. The van der Waals surface area contributed by atoms with E-state index in [9.17, 15) is 9.59 Å². The summed E-state index contributed by atoms with van der Waals surface area (Å²) in [6, 6.07) is 5.45. The fraction of sp³-hybridized carbons (Fsp3) is 0.231. The molecule has 5 heteroatoms. The smallest absolute Gasteiger partial charge is 0.328 e. The number of benzene rings is 1. The van der Waals surface area contributed by atoms with Gasteiger partial charge in [-0.05, 0) is 30.7 Å². The van der Waals surface area contributed by atoms with E-state index < -0.39 is 0 Å². The average molecular weight is 243 g/mol. The molecule has 0 radical (unpaired) electrons. The third kappa shape index (κ3) is 1.64. The standard InChI is InChI=1S/C13H13N3O2/c1-8-7-14-11-3-2-9(6-10(8)11)16-5-4-12(17)15-13(16)18/h2-3,6-7,14H,4-5H2,1H3,(H,15,17,18). The van der Waals surface area contributed by atoms with Gasteiger partial charge in [0, 0.05) is 35.8 Å². The first-order chi connectivity index (χ1) is 8.65. The van der Waals surface area contributed by atoms with Crippen LogP contribution in [0.4, 0.5) is 10.5 Å². The highest BCUT2D eigenvalue weighted by Gasteiger charge is 2.24. The molecule has 1 saturated heterocycles. The minimum atomic E-state index is -0.348. The van der Waals surface area contributed by atoms with Gasteiger partial charge in [0.15, 0.2) is 0 Å². The lowest BCUT2D eigenvalue weighted by Gasteiger charge is -2.26. The predicted octanol–water partition coefficient (Wildman–Crippen LogP) is 1.92. The molecule has 3 rings (SSSR count). The zero-order valence-corrected chi connectivity index (χ0v) is 9.99. The Morgan fingerprint density at radius 2 is 2.11 bits per heavy atom. The fourth-order valence-corrected chi connectivity index (χ4v) is 2.23. The van der Waals surface area contributed by atoms with Gasteiger partial charge in [0.05, 0.1) is 0 Å². The molecular weight excluding hydrogens is 230 g/mol. The number of H-pyrrole nitrogens is 1. The van der Waals surface area contributed by atoms with Crippen molar-refractivity contribution in [1.29, 1.82) is 0 Å². The maximum atomic E-state index is 11.8. The molecule has 0 unspecified atom stereocenters. The van der Waals surface area contributed by atoms with Gasteiger partial charge in [-0.1, -0.05) is 0 Å². The summed E-state index contributed by atoms with van der Waals surface area (Å²) in [5.41, 5.74) is 3.00. The first kappa shape index (κ1) is 10.8. The van der Waals surface area contributed by atoms with Crippen LogP contribution in [0.15, 0.2) is 24.4 Å². The number of imide groups is 1. The normalized spacial score (nSPS) is 16.2. The van der Waals surface area contributed by atoms with Gasteiger partial charge in [-0.3, -0.25) is 15.0 Å². The van der Waals surface area contributed by atoms with Crippen molar-refractivity contribution in [3.05, 3.63) is 30.0 Å². The van der Waals surface area contributed by atoms with Gasteiger partial charge in [-0.15, -0.1) is 0 Å². The number of carbonyl (C=O) groups excluding carboxylic acids is 2. The monoisotopic (exact) mass is 243 g/mol. The fourth-order valence-electron chi connectivity index (χ4n) is 2.23. The van der Waals surface area contributed by atoms with E-state index in [4.69, 9.17) is 0 Å². The van der Waals surface area contributed by atoms with E-state index in [0.29, 0.717) is 13.0 Å². The first-order valence-electron chi connectivity index (χ1n) is 5.84. The van der Waals surface area contributed by atoms with Crippen molar-refractivity contribution in [2.24, 2.45) is 0 Å². The van der Waals surface area contributed by atoms with Crippen molar-refractivity contribution >= 4 is 28.5 Å². The van der Waals surface area contributed by atoms with Crippen LogP contribution in [0.5, 0.6) is 0 Å². The second-order valence-electron chi connectivity index (χ2n) is 4.46. The van der Waals surface area contributed by atoms with Crippen molar-refractivity contribution in [1.82, 2.24) is 10.3 Å². The van der Waals surface area contributed by atoms with Gasteiger partial charge in [0.2, 0.25) is 5.91 Å². The molecule has 0 bridgehead atoms. The highest BCUT2D eigenvalue weighted by atomic mass is 16.2. The summed E-state index contributed by atoms with van der Waals surface area (Å²) in [5.74, 6) is -0.213. The second-order valence-corrected chi connectivity index (χ2v) is 4.46. The summed E-state index contributed by atoms with van der Waals surface area (Å²) in [4.78, 5) is 27.6. The Bertz CT molecular complexity index is 645. The first-order valence-corrected chi connectivity index (χ1v) is 5.84. The summed E-state index contributed by atoms with van der Waals surface area (Å²) in [6.07, 6.45) is 2.28. The number of fused-ring (bicyclic) bond motifs is 1. The summed E-state index contributed by atoms with van der Waals surface area (Å²) in [7, 11) is 0. The van der Waals surface area contributed by atoms with Gasteiger partial charge < -0.3 is 4.98 Å². The largest absolute Gasteiger partial charge is 0.361 e. The number of amides is 3. The average Bonchev–Trinajstić information content (AvgIpc) is 2.71. The molecule has 1 aromatic heterocycles. The number of hydrogen-bond acceptors (Lipinski definition) is 2. The van der Waals surface area contributed by atoms with E-state index >= 15 is 0 Å². The molecule has 2 heterocycles. The molecule has 1 aliphatic heterocycles. The number of aryl methyl sites for hydroxylation is 1. The van der Waals surface area contributed by atoms with Crippen LogP contribution in [-0.2, 0) is 4.79 Å². The van der Waals surface area contributed by atoms with Crippen molar-refractivity contribution in [2.75, 3.05) is 11.4 Å². The van der Waals surface area contributed by atoms with Crippen LogP contribution in [-0.4, -0.2) is 23.5 Å². The lowest BCUT2D eigenvalue weighted by atomic mass is 10.1. The molecule has 0 aliphatic carbocycles. The van der Waals surface area contributed by atoms with Crippen LogP contribution in [0.1, 0.15) is 12.0 Å². The maximum Gasteiger partial charge on any atom is 0.328 e. The SMILES string of the molecule is Cc1c[nH]c2ccc(N3CCC(=O)NC3=O)cc12. The Labute approximate surface area is 104 Å². The number of aromatic nitrogens is 1. The molecule has 18 heavy (non-hydrogen) atoms. The summed E-state index contributed by atoms with van der Waals surface area (Å²) in [5, 5.41) is 3.42. The van der Waals surface area contributed by atoms with Crippen molar-refractivity contribution in [3.63, 3.8) is 0 Å². The number of urea groups is 1. The molecular formula is C13H13N3O2. The summed E-state index contributed by atoms with van der Waals surface area (Å²) in [6.45, 7) is 2.45. The highest BCUT2D eigenvalue weighted by Crippen LogP contribution is 2.25. The number of anilines is 1. The molecule has 5 nitrogen and oxygen atoms in total. The Kier molecular flexibility index (Phi) is 2.33. The Hall–Kier alpha value is -2.30. The van der Waals surface area contributed by atoms with Gasteiger partial charge in [0.25, 0.3) is 0 Å². The number of rotatable bonds is 1. The van der Waals surface area contributed by atoms with E-state index in [-0.39, 0.29) is 11.9 Å². The van der Waals surface area contributed by atoms with Crippen LogP contribution in [0.3, 0.4) is 0 Å². The van der Waals surface area contributed by atoms with Crippen LogP contribution in [0.2, 0.25) is 0 Å². The van der Waals surface area contributed by atoms with Gasteiger partial charge in [-0.25, -0.2) is 4.79 Å². The van der Waals surface area contributed by atoms with Crippen LogP contribution < -0.4 is 10.2 Å². The molecule has 1 aromatic carbocycles. The molecule has 2 aromatic rings. The van der Waals surface area contributed by atoms with Crippen LogP contribution in [0.25, 0.3) is 10.9 Å². The van der Waals surface area contributed by atoms with E-state index in [1.165, 1.54) is 0 Å². The van der Waals surface area contributed by atoms with Crippen molar-refractivity contribution in [3.8, 4) is 0 Å². The van der Waals surface area contributed by atoms with E-state index in [2.05, 4.69) is 10.3 Å². The van der Waals surface area contributed by atoms with Gasteiger partial charge in [0.1, 0.15) is 0 Å².